The van der Waals surface area contributed by atoms with Crippen molar-refractivity contribution in [3.63, 3.8) is 0 Å². The average Bonchev–Trinajstić information content (AvgIpc) is 2.75. The van der Waals surface area contributed by atoms with Crippen molar-refractivity contribution < 1.29 is 14.6 Å². The molecule has 0 bridgehead atoms. The second-order valence-corrected chi connectivity index (χ2v) is 4.32. The Morgan fingerprint density at radius 3 is 2.53 bits per heavy atom. The Morgan fingerprint density at radius 2 is 1.94 bits per heavy atom. The third-order valence-corrected chi connectivity index (χ3v) is 3.22. The van der Waals surface area contributed by atoms with Gasteiger partial charge in [-0.15, -0.1) is 0 Å². The topological polar surface area (TPSA) is 50.7 Å². The number of ether oxygens (including phenoxy) is 2. The van der Waals surface area contributed by atoms with Crippen LogP contribution in [0, 0.1) is 0 Å². The fourth-order valence-corrected chi connectivity index (χ4v) is 2.25. The lowest BCUT2D eigenvalue weighted by Gasteiger charge is -2.18. The minimum atomic E-state index is -0.247. The van der Waals surface area contributed by atoms with Gasteiger partial charge in [0.15, 0.2) is 11.5 Å². The second kappa shape index (κ2) is 5.27. The summed E-state index contributed by atoms with van der Waals surface area (Å²) in [5.41, 5.74) is 0.952. The lowest BCUT2D eigenvalue weighted by Crippen LogP contribution is -2.27. The van der Waals surface area contributed by atoms with Crippen molar-refractivity contribution in [2.45, 2.75) is 31.4 Å². The molecule has 1 aliphatic rings. The Kier molecular flexibility index (Phi) is 3.74. The molecular formula is C13H19NO3. The fraction of sp³-hybridized carbons (Fsp3) is 0.538. The van der Waals surface area contributed by atoms with Gasteiger partial charge in [0.25, 0.3) is 0 Å². The first-order valence-electron chi connectivity index (χ1n) is 5.91. The van der Waals surface area contributed by atoms with Gasteiger partial charge in [-0.25, -0.2) is 0 Å². The molecule has 94 valence electrons. The number of aliphatic hydroxyl groups is 1. The predicted molar refractivity (Wildman–Crippen MR) is 66.8 cm³/mol. The van der Waals surface area contributed by atoms with Crippen LogP contribution in [0.25, 0.3) is 0 Å². The quantitative estimate of drug-likeness (QED) is 0.841. The van der Waals surface area contributed by atoms with Crippen molar-refractivity contribution in [2.75, 3.05) is 19.5 Å². The van der Waals surface area contributed by atoms with Crippen LogP contribution in [0.2, 0.25) is 0 Å². The van der Waals surface area contributed by atoms with Gasteiger partial charge in [-0.1, -0.05) is 0 Å². The Morgan fingerprint density at radius 1 is 1.18 bits per heavy atom. The molecule has 1 saturated carbocycles. The zero-order valence-corrected chi connectivity index (χ0v) is 10.3. The van der Waals surface area contributed by atoms with Crippen molar-refractivity contribution in [2.24, 2.45) is 0 Å². The van der Waals surface area contributed by atoms with Gasteiger partial charge < -0.3 is 19.9 Å². The number of hydrogen-bond acceptors (Lipinski definition) is 4. The smallest absolute Gasteiger partial charge is 0.162 e. The lowest BCUT2D eigenvalue weighted by molar-refractivity contribution is 0.172. The Hall–Kier alpha value is -1.42. The maximum Gasteiger partial charge on any atom is 0.162 e. The summed E-state index contributed by atoms with van der Waals surface area (Å²) in [4.78, 5) is 0. The summed E-state index contributed by atoms with van der Waals surface area (Å²) in [7, 11) is 3.23. The molecule has 2 atom stereocenters. The van der Waals surface area contributed by atoms with Crippen LogP contribution in [-0.2, 0) is 0 Å². The van der Waals surface area contributed by atoms with E-state index in [9.17, 15) is 5.11 Å². The van der Waals surface area contributed by atoms with Gasteiger partial charge in [-0.2, -0.15) is 0 Å². The molecule has 1 aromatic carbocycles. The van der Waals surface area contributed by atoms with Gasteiger partial charge in [0.1, 0.15) is 0 Å². The number of rotatable bonds is 4. The predicted octanol–water partition coefficient (Wildman–Crippen LogP) is 2.03. The fourth-order valence-electron chi connectivity index (χ4n) is 2.25. The molecule has 4 nitrogen and oxygen atoms in total. The first kappa shape index (κ1) is 12.0. The summed E-state index contributed by atoms with van der Waals surface area (Å²) in [6.07, 6.45) is 2.72. The molecule has 2 rings (SSSR count). The highest BCUT2D eigenvalue weighted by Gasteiger charge is 2.24. The van der Waals surface area contributed by atoms with Gasteiger partial charge in [0.2, 0.25) is 0 Å². The number of nitrogens with one attached hydrogen (secondary N) is 1. The van der Waals surface area contributed by atoms with Crippen LogP contribution < -0.4 is 14.8 Å². The zero-order chi connectivity index (χ0) is 12.3. The number of methoxy groups -OCH3 is 2. The minimum Gasteiger partial charge on any atom is -0.493 e. The minimum absolute atomic E-state index is 0.146. The molecule has 17 heavy (non-hydrogen) atoms. The highest BCUT2D eigenvalue weighted by molar-refractivity contribution is 5.55. The molecule has 0 spiro atoms. The van der Waals surface area contributed by atoms with Crippen molar-refractivity contribution in [1.82, 2.24) is 0 Å². The lowest BCUT2D eigenvalue weighted by atomic mass is 10.2. The number of benzene rings is 1. The highest BCUT2D eigenvalue weighted by atomic mass is 16.5. The molecule has 0 radical (unpaired) electrons. The van der Waals surface area contributed by atoms with Gasteiger partial charge >= 0.3 is 0 Å². The van der Waals surface area contributed by atoms with E-state index in [0.717, 1.165) is 24.9 Å². The van der Waals surface area contributed by atoms with Crippen LogP contribution in [0.5, 0.6) is 11.5 Å². The van der Waals surface area contributed by atoms with Gasteiger partial charge in [-0.3, -0.25) is 0 Å². The maximum atomic E-state index is 9.76. The summed E-state index contributed by atoms with van der Waals surface area (Å²) >= 11 is 0. The highest BCUT2D eigenvalue weighted by Crippen LogP contribution is 2.31. The van der Waals surface area contributed by atoms with Crippen molar-refractivity contribution in [3.8, 4) is 11.5 Å². The molecule has 2 N–H and O–H groups in total. The van der Waals surface area contributed by atoms with E-state index in [2.05, 4.69) is 5.32 Å². The van der Waals surface area contributed by atoms with E-state index in [-0.39, 0.29) is 12.1 Å². The Bertz CT molecular complexity index is 381. The van der Waals surface area contributed by atoms with Gasteiger partial charge in [-0.05, 0) is 31.4 Å². The van der Waals surface area contributed by atoms with Crippen LogP contribution in [-0.4, -0.2) is 31.5 Å². The van der Waals surface area contributed by atoms with Crippen LogP contribution in [0.3, 0.4) is 0 Å². The molecule has 0 amide bonds. The normalized spacial score (nSPS) is 23.5. The summed E-state index contributed by atoms with van der Waals surface area (Å²) in [6, 6.07) is 5.84. The molecule has 0 aromatic heterocycles. The maximum absolute atomic E-state index is 9.76. The van der Waals surface area contributed by atoms with E-state index in [4.69, 9.17) is 9.47 Å². The van der Waals surface area contributed by atoms with E-state index in [1.54, 1.807) is 14.2 Å². The van der Waals surface area contributed by atoms with Crippen molar-refractivity contribution in [3.05, 3.63) is 18.2 Å². The monoisotopic (exact) mass is 237 g/mol. The summed E-state index contributed by atoms with van der Waals surface area (Å²) in [5, 5.41) is 13.1. The molecule has 2 unspecified atom stereocenters. The third-order valence-electron chi connectivity index (χ3n) is 3.22. The zero-order valence-electron chi connectivity index (χ0n) is 10.3. The standard InChI is InChI=1S/C13H19NO3/c1-16-12-7-6-9(8-13(12)17-2)14-10-4-3-5-11(10)15/h6-8,10-11,14-15H,3-5H2,1-2H3. The molecule has 1 fully saturated rings. The SMILES string of the molecule is COc1ccc(NC2CCCC2O)cc1OC. The average molecular weight is 237 g/mol. The molecule has 0 heterocycles. The van der Waals surface area contributed by atoms with Gasteiger partial charge in [0.05, 0.1) is 26.4 Å². The van der Waals surface area contributed by atoms with Crippen molar-refractivity contribution in [1.29, 1.82) is 0 Å². The first-order valence-corrected chi connectivity index (χ1v) is 5.91. The van der Waals surface area contributed by atoms with Crippen LogP contribution in [0.1, 0.15) is 19.3 Å². The van der Waals surface area contributed by atoms with Crippen LogP contribution >= 0.6 is 0 Å². The second-order valence-electron chi connectivity index (χ2n) is 4.32. The van der Waals surface area contributed by atoms with E-state index in [1.165, 1.54) is 0 Å². The van der Waals surface area contributed by atoms with Crippen LogP contribution in [0.4, 0.5) is 5.69 Å². The van der Waals surface area contributed by atoms with Gasteiger partial charge in [0, 0.05) is 11.8 Å². The first-order chi connectivity index (χ1) is 8.24. The largest absolute Gasteiger partial charge is 0.493 e. The van der Waals surface area contributed by atoms with E-state index in [1.807, 2.05) is 18.2 Å². The van der Waals surface area contributed by atoms with Crippen LogP contribution in [0.15, 0.2) is 18.2 Å². The summed E-state index contributed by atoms with van der Waals surface area (Å²) in [6.45, 7) is 0. The number of anilines is 1. The number of hydrogen-bond donors (Lipinski definition) is 2. The molecule has 1 aliphatic carbocycles. The summed E-state index contributed by atoms with van der Waals surface area (Å²) < 4.78 is 10.4. The van der Waals surface area contributed by atoms with Crippen molar-refractivity contribution >= 4 is 5.69 Å². The van der Waals surface area contributed by atoms with E-state index in [0.29, 0.717) is 11.5 Å². The molecule has 0 aliphatic heterocycles. The molecule has 1 aromatic rings. The third kappa shape index (κ3) is 2.64. The number of aliphatic hydroxyl groups excluding tert-OH is 1. The van der Waals surface area contributed by atoms with E-state index >= 15 is 0 Å². The molecular weight excluding hydrogens is 218 g/mol. The van der Waals surface area contributed by atoms with E-state index < -0.39 is 0 Å². The molecule has 0 saturated heterocycles. The summed E-state index contributed by atoms with van der Waals surface area (Å²) in [5.74, 6) is 1.41. The Labute approximate surface area is 102 Å². The molecule has 4 heteroatoms. The Balaban J connectivity index is 2.10.